The van der Waals surface area contributed by atoms with E-state index in [0.29, 0.717) is 31.9 Å². The van der Waals surface area contributed by atoms with Gasteiger partial charge in [0.05, 0.1) is 12.0 Å². The van der Waals surface area contributed by atoms with E-state index in [2.05, 4.69) is 0 Å². The predicted molar refractivity (Wildman–Crippen MR) is 70.9 cm³/mol. The SMILES string of the molecule is O=C(C1COc2ccc(F)cc2C1)N1CCCC(O)C1. The highest BCUT2D eigenvalue weighted by Gasteiger charge is 2.31. The second-order valence-corrected chi connectivity index (χ2v) is 5.54. The normalized spacial score (nSPS) is 25.8. The molecule has 1 amide bonds. The molecule has 0 aromatic heterocycles. The van der Waals surface area contributed by atoms with Gasteiger partial charge in [0.2, 0.25) is 5.91 Å². The molecule has 3 rings (SSSR count). The van der Waals surface area contributed by atoms with Gasteiger partial charge in [0.15, 0.2) is 0 Å². The van der Waals surface area contributed by atoms with Crippen molar-refractivity contribution in [2.75, 3.05) is 19.7 Å². The van der Waals surface area contributed by atoms with Gasteiger partial charge in [0.1, 0.15) is 18.2 Å². The number of aliphatic hydroxyl groups is 1. The number of carbonyl (C=O) groups is 1. The number of hydrogen-bond donors (Lipinski definition) is 1. The monoisotopic (exact) mass is 279 g/mol. The number of amides is 1. The Balaban J connectivity index is 1.71. The second kappa shape index (κ2) is 5.40. The van der Waals surface area contributed by atoms with E-state index in [1.807, 2.05) is 0 Å². The molecule has 4 nitrogen and oxygen atoms in total. The fraction of sp³-hybridized carbons (Fsp3) is 0.533. The summed E-state index contributed by atoms with van der Waals surface area (Å²) in [6.45, 7) is 1.40. The van der Waals surface area contributed by atoms with Crippen molar-refractivity contribution in [2.24, 2.45) is 5.92 Å². The molecule has 2 aliphatic rings. The van der Waals surface area contributed by atoms with Crippen LogP contribution in [0.15, 0.2) is 18.2 Å². The number of carbonyl (C=O) groups excluding carboxylic acids is 1. The maximum atomic E-state index is 13.2. The fourth-order valence-corrected chi connectivity index (χ4v) is 2.93. The van der Waals surface area contributed by atoms with Gasteiger partial charge in [-0.1, -0.05) is 0 Å². The first-order valence-corrected chi connectivity index (χ1v) is 7.01. The van der Waals surface area contributed by atoms with Gasteiger partial charge < -0.3 is 14.7 Å². The molecule has 5 heteroatoms. The van der Waals surface area contributed by atoms with Crippen molar-refractivity contribution in [3.63, 3.8) is 0 Å². The molecule has 2 heterocycles. The molecule has 108 valence electrons. The fourth-order valence-electron chi connectivity index (χ4n) is 2.93. The average molecular weight is 279 g/mol. The number of nitrogens with zero attached hydrogens (tertiary/aromatic N) is 1. The minimum Gasteiger partial charge on any atom is -0.492 e. The van der Waals surface area contributed by atoms with Gasteiger partial charge >= 0.3 is 0 Å². The first kappa shape index (κ1) is 13.4. The number of piperidine rings is 1. The lowest BCUT2D eigenvalue weighted by molar-refractivity contribution is -0.140. The molecular weight excluding hydrogens is 261 g/mol. The Morgan fingerprint density at radius 2 is 2.30 bits per heavy atom. The van der Waals surface area contributed by atoms with Gasteiger partial charge in [0.25, 0.3) is 0 Å². The molecule has 20 heavy (non-hydrogen) atoms. The number of fused-ring (bicyclic) bond motifs is 1. The number of aliphatic hydroxyl groups excluding tert-OH is 1. The topological polar surface area (TPSA) is 49.8 Å². The van der Waals surface area contributed by atoms with E-state index >= 15 is 0 Å². The molecule has 0 bridgehead atoms. The highest BCUT2D eigenvalue weighted by atomic mass is 19.1. The zero-order valence-electron chi connectivity index (χ0n) is 11.2. The highest BCUT2D eigenvalue weighted by Crippen LogP contribution is 2.29. The van der Waals surface area contributed by atoms with E-state index in [1.165, 1.54) is 12.1 Å². The third-order valence-corrected chi connectivity index (χ3v) is 3.99. The molecule has 1 aromatic rings. The Morgan fingerprint density at radius 1 is 1.45 bits per heavy atom. The molecule has 0 radical (unpaired) electrons. The summed E-state index contributed by atoms with van der Waals surface area (Å²) < 4.78 is 18.8. The number of ether oxygens (including phenoxy) is 1. The summed E-state index contributed by atoms with van der Waals surface area (Å²) in [5, 5.41) is 9.65. The number of β-amino-alcohol motifs (C(OH)–C–C–N with tert-alkyl or cyclic N) is 1. The van der Waals surface area contributed by atoms with Gasteiger partial charge in [0, 0.05) is 13.1 Å². The first-order valence-electron chi connectivity index (χ1n) is 7.01. The van der Waals surface area contributed by atoms with E-state index in [4.69, 9.17) is 4.74 Å². The van der Waals surface area contributed by atoms with Crippen LogP contribution in [0.4, 0.5) is 4.39 Å². The Bertz CT molecular complexity index is 520. The maximum Gasteiger partial charge on any atom is 0.229 e. The van der Waals surface area contributed by atoms with Crippen molar-refractivity contribution < 1.29 is 19.0 Å². The van der Waals surface area contributed by atoms with Crippen molar-refractivity contribution in [2.45, 2.75) is 25.4 Å². The molecule has 0 aliphatic carbocycles. The standard InChI is InChI=1S/C15H18FNO3/c16-12-3-4-14-10(7-12)6-11(9-20-14)15(19)17-5-1-2-13(18)8-17/h3-4,7,11,13,18H,1-2,5-6,8-9H2. The average Bonchev–Trinajstić information content (AvgIpc) is 2.45. The zero-order valence-corrected chi connectivity index (χ0v) is 11.2. The van der Waals surface area contributed by atoms with Crippen molar-refractivity contribution >= 4 is 5.91 Å². The Kier molecular flexibility index (Phi) is 3.61. The zero-order chi connectivity index (χ0) is 14.1. The van der Waals surface area contributed by atoms with Crippen molar-refractivity contribution in [1.82, 2.24) is 4.90 Å². The molecule has 1 fully saturated rings. The van der Waals surface area contributed by atoms with Crippen LogP contribution in [-0.4, -0.2) is 41.7 Å². The van der Waals surface area contributed by atoms with Gasteiger partial charge in [-0.25, -0.2) is 4.39 Å². The smallest absolute Gasteiger partial charge is 0.229 e. The summed E-state index contributed by atoms with van der Waals surface area (Å²) >= 11 is 0. The molecule has 2 unspecified atom stereocenters. The highest BCUT2D eigenvalue weighted by molar-refractivity contribution is 5.80. The van der Waals surface area contributed by atoms with Crippen LogP contribution >= 0.6 is 0 Å². The number of halogens is 1. The van der Waals surface area contributed by atoms with Crippen LogP contribution in [0.1, 0.15) is 18.4 Å². The van der Waals surface area contributed by atoms with Crippen LogP contribution in [-0.2, 0) is 11.2 Å². The molecule has 0 saturated carbocycles. The number of benzene rings is 1. The Labute approximate surface area is 117 Å². The molecular formula is C15H18FNO3. The molecule has 1 N–H and O–H groups in total. The number of likely N-dealkylation sites (tertiary alicyclic amines) is 1. The Morgan fingerprint density at radius 3 is 3.10 bits per heavy atom. The summed E-state index contributed by atoms with van der Waals surface area (Å²) in [5.74, 6) is 0.0660. The molecule has 1 saturated heterocycles. The predicted octanol–water partition coefficient (Wildman–Crippen LogP) is 1.36. The van der Waals surface area contributed by atoms with Crippen LogP contribution in [0, 0.1) is 11.7 Å². The van der Waals surface area contributed by atoms with E-state index in [9.17, 15) is 14.3 Å². The minimum atomic E-state index is -0.429. The Hall–Kier alpha value is -1.62. The quantitative estimate of drug-likeness (QED) is 0.844. The van der Waals surface area contributed by atoms with Crippen LogP contribution in [0.5, 0.6) is 5.75 Å². The number of rotatable bonds is 1. The lowest BCUT2D eigenvalue weighted by Crippen LogP contribution is -2.47. The van der Waals surface area contributed by atoms with E-state index in [-0.39, 0.29) is 17.6 Å². The third-order valence-electron chi connectivity index (χ3n) is 3.99. The maximum absolute atomic E-state index is 13.2. The van der Waals surface area contributed by atoms with Crippen LogP contribution in [0.25, 0.3) is 0 Å². The molecule has 2 aliphatic heterocycles. The van der Waals surface area contributed by atoms with Crippen molar-refractivity contribution in [3.05, 3.63) is 29.6 Å². The van der Waals surface area contributed by atoms with Crippen LogP contribution < -0.4 is 4.74 Å². The van der Waals surface area contributed by atoms with E-state index < -0.39 is 6.10 Å². The number of hydrogen-bond acceptors (Lipinski definition) is 3. The van der Waals surface area contributed by atoms with Gasteiger partial charge in [-0.2, -0.15) is 0 Å². The van der Waals surface area contributed by atoms with Gasteiger partial charge in [-0.3, -0.25) is 4.79 Å². The summed E-state index contributed by atoms with van der Waals surface area (Å²) in [5.41, 5.74) is 0.743. The second-order valence-electron chi connectivity index (χ2n) is 5.54. The van der Waals surface area contributed by atoms with Crippen LogP contribution in [0.2, 0.25) is 0 Å². The summed E-state index contributed by atoms with van der Waals surface area (Å²) in [6, 6.07) is 4.40. The first-order chi connectivity index (χ1) is 9.63. The van der Waals surface area contributed by atoms with Crippen molar-refractivity contribution in [3.8, 4) is 5.75 Å². The van der Waals surface area contributed by atoms with Gasteiger partial charge in [-0.05, 0) is 43.0 Å². The molecule has 0 spiro atoms. The molecule has 2 atom stereocenters. The summed E-state index contributed by atoms with van der Waals surface area (Å²) in [6.07, 6.45) is 1.64. The summed E-state index contributed by atoms with van der Waals surface area (Å²) in [7, 11) is 0. The lowest BCUT2D eigenvalue weighted by atomic mass is 9.94. The third kappa shape index (κ3) is 2.63. The van der Waals surface area contributed by atoms with Crippen molar-refractivity contribution in [1.29, 1.82) is 0 Å². The van der Waals surface area contributed by atoms with E-state index in [1.54, 1.807) is 11.0 Å². The van der Waals surface area contributed by atoms with E-state index in [0.717, 1.165) is 18.4 Å². The minimum absolute atomic E-state index is 0.00124. The van der Waals surface area contributed by atoms with Crippen LogP contribution in [0.3, 0.4) is 0 Å². The molecule has 1 aromatic carbocycles. The largest absolute Gasteiger partial charge is 0.492 e. The lowest BCUT2D eigenvalue weighted by Gasteiger charge is -2.34. The van der Waals surface area contributed by atoms with Gasteiger partial charge in [-0.15, -0.1) is 0 Å². The summed E-state index contributed by atoms with van der Waals surface area (Å²) in [4.78, 5) is 14.1.